The summed E-state index contributed by atoms with van der Waals surface area (Å²) in [6.07, 6.45) is -40.4. The molecule has 0 aromatic carbocycles. The number of hydrogen-bond acceptors (Lipinski definition) is 24. The van der Waals surface area contributed by atoms with Crippen LogP contribution < -0.4 is 10.6 Å². The highest BCUT2D eigenvalue weighted by molar-refractivity contribution is 5.73. The lowest BCUT2D eigenvalue weighted by atomic mass is 9.95. The van der Waals surface area contributed by atoms with Crippen LogP contribution in [0.15, 0.2) is 0 Å². The number of hydrogen-bond donors (Lipinski definition) is 15. The minimum absolute atomic E-state index is 0.716. The van der Waals surface area contributed by atoms with E-state index in [1.165, 1.54) is 13.8 Å². The predicted molar refractivity (Wildman–Crippen MR) is 187 cm³/mol. The summed E-state index contributed by atoms with van der Waals surface area (Å²) in [5.41, 5.74) is 0. The lowest BCUT2D eigenvalue weighted by Crippen LogP contribution is -2.69. The zero-order valence-electron chi connectivity index (χ0n) is 32.9. The fourth-order valence-corrected chi connectivity index (χ4v) is 7.66. The van der Waals surface area contributed by atoms with Crippen LogP contribution in [0.3, 0.4) is 0 Å². The van der Waals surface area contributed by atoms with Gasteiger partial charge in [0.25, 0.3) is 0 Å². The molecule has 0 spiro atoms. The number of carbonyl (C=O) groups excluding carboxylic acids is 2. The number of aliphatic hydroxyl groups excluding tert-OH is 13. The van der Waals surface area contributed by atoms with Gasteiger partial charge >= 0.3 is 0 Å². The first-order chi connectivity index (χ1) is 28.2. The Morgan fingerprint density at radius 2 is 0.783 bits per heavy atom. The molecular formula is C34H58N2O24. The molecule has 0 aromatic rings. The van der Waals surface area contributed by atoms with Gasteiger partial charge in [-0.15, -0.1) is 0 Å². The van der Waals surface area contributed by atoms with Crippen LogP contribution in [0.4, 0.5) is 0 Å². The van der Waals surface area contributed by atoms with Crippen LogP contribution in [0.25, 0.3) is 0 Å². The van der Waals surface area contributed by atoms with Gasteiger partial charge in [-0.3, -0.25) is 9.59 Å². The Hall–Kier alpha value is -1.94. The molecule has 60 heavy (non-hydrogen) atoms. The van der Waals surface area contributed by atoms with Crippen LogP contribution >= 0.6 is 0 Å². The largest absolute Gasteiger partial charge is 0.394 e. The van der Waals surface area contributed by atoms with Gasteiger partial charge < -0.3 is 120 Å². The van der Waals surface area contributed by atoms with E-state index in [4.69, 9.17) is 42.6 Å². The molecule has 2 amide bonds. The average molecular weight is 879 g/mol. The molecule has 5 fully saturated rings. The smallest absolute Gasteiger partial charge is 0.217 e. The molecule has 5 aliphatic rings. The summed E-state index contributed by atoms with van der Waals surface area (Å²) in [6, 6.07) is -3.08. The maximum Gasteiger partial charge on any atom is 0.217 e. The third-order valence-electron chi connectivity index (χ3n) is 11.1. The third kappa shape index (κ3) is 10.4. The molecule has 0 saturated carbocycles. The van der Waals surface area contributed by atoms with Crippen LogP contribution in [0.2, 0.25) is 0 Å². The Balaban J connectivity index is 1.47. The van der Waals surface area contributed by atoms with Gasteiger partial charge in [-0.2, -0.15) is 0 Å². The molecule has 5 rings (SSSR count). The SMILES string of the molecule is CC(=O)N[C@@H]1[C@H](O[C@H]2[C@H](O[C@H]3[C@H](O[C@H]4[C@@H](O[C@H]5[C@H](O)[C@@H](CO)O[C@@H](O)[C@@H]5NC(C)=O)O[C@H](CO)[C@H](O)[C@@H]4O)O[C@@H](C)[C@H](O)[C@H]3O)O[C@@H](C)[C@H](O)[C@H]2O)O[C@H](CO)[C@@H](O)[C@@H]1O. The number of rotatable bonds is 13. The first-order valence-electron chi connectivity index (χ1n) is 19.3. The maximum absolute atomic E-state index is 12.1. The second kappa shape index (κ2) is 20.7. The molecule has 348 valence electrons. The summed E-state index contributed by atoms with van der Waals surface area (Å²) < 4.78 is 52.3. The fourth-order valence-electron chi connectivity index (χ4n) is 7.66. The van der Waals surface area contributed by atoms with E-state index >= 15 is 0 Å². The number of nitrogens with one attached hydrogen (secondary N) is 2. The third-order valence-corrected chi connectivity index (χ3v) is 11.1. The van der Waals surface area contributed by atoms with Crippen LogP contribution in [-0.4, -0.2) is 251 Å². The van der Waals surface area contributed by atoms with Gasteiger partial charge in [-0.1, -0.05) is 0 Å². The topological polar surface area (TPSA) is 404 Å². The van der Waals surface area contributed by atoms with E-state index in [1.807, 2.05) is 0 Å². The van der Waals surface area contributed by atoms with E-state index in [9.17, 15) is 76.0 Å². The molecule has 0 radical (unpaired) electrons. The fraction of sp³-hybridized carbons (Fsp3) is 0.941. The van der Waals surface area contributed by atoms with E-state index in [1.54, 1.807) is 0 Å². The van der Waals surface area contributed by atoms with Crippen molar-refractivity contribution in [3.05, 3.63) is 0 Å². The highest BCUT2D eigenvalue weighted by Crippen LogP contribution is 2.36. The number of carbonyl (C=O) groups is 2. The molecule has 0 aromatic heterocycles. The summed E-state index contributed by atoms with van der Waals surface area (Å²) in [5, 5.41) is 144. The Morgan fingerprint density at radius 3 is 1.23 bits per heavy atom. The van der Waals surface area contributed by atoms with Crippen molar-refractivity contribution in [3.8, 4) is 0 Å². The van der Waals surface area contributed by atoms with Crippen molar-refractivity contribution in [3.63, 3.8) is 0 Å². The minimum atomic E-state index is -2.05. The lowest BCUT2D eigenvalue weighted by molar-refractivity contribution is -0.404. The molecule has 25 atom stereocenters. The van der Waals surface area contributed by atoms with Crippen LogP contribution in [0.5, 0.6) is 0 Å². The highest BCUT2D eigenvalue weighted by Gasteiger charge is 2.57. The van der Waals surface area contributed by atoms with Crippen molar-refractivity contribution in [1.29, 1.82) is 0 Å². The molecule has 0 unspecified atom stereocenters. The Bertz CT molecular complexity index is 1410. The van der Waals surface area contributed by atoms with Crippen molar-refractivity contribution in [1.82, 2.24) is 10.6 Å². The quantitative estimate of drug-likeness (QED) is 0.0817. The van der Waals surface area contributed by atoms with Crippen LogP contribution in [0.1, 0.15) is 27.7 Å². The van der Waals surface area contributed by atoms with E-state index in [-0.39, 0.29) is 0 Å². The summed E-state index contributed by atoms with van der Waals surface area (Å²) in [7, 11) is 0. The molecule has 0 aliphatic carbocycles. The van der Waals surface area contributed by atoms with Crippen LogP contribution in [0, 0.1) is 0 Å². The molecule has 26 heteroatoms. The maximum atomic E-state index is 12.1. The van der Waals surface area contributed by atoms with Gasteiger partial charge in [-0.25, -0.2) is 0 Å². The first-order valence-corrected chi connectivity index (χ1v) is 19.3. The van der Waals surface area contributed by atoms with Crippen molar-refractivity contribution >= 4 is 11.8 Å². The highest BCUT2D eigenvalue weighted by atomic mass is 16.8. The number of amides is 2. The molecule has 26 nitrogen and oxygen atoms in total. The summed E-state index contributed by atoms with van der Waals surface area (Å²) in [6.45, 7) is 2.22. The van der Waals surface area contributed by atoms with Gasteiger partial charge in [0.15, 0.2) is 31.5 Å². The minimum Gasteiger partial charge on any atom is -0.394 e. The van der Waals surface area contributed by atoms with E-state index in [0.29, 0.717) is 0 Å². The van der Waals surface area contributed by atoms with Gasteiger partial charge in [0.05, 0.1) is 32.0 Å². The van der Waals surface area contributed by atoms with Crippen molar-refractivity contribution in [2.75, 3.05) is 19.8 Å². The standard InChI is InChI=1S/C34H58N2O24/c1-8-17(42)23(48)27(58-31-15(35-10(3)40)22(47)19(44)12(5-37)55-31)32(52-8)59-28-24(49)18(43)9(2)53-33(28)60-29-25(50)20(45)13(6-38)56-34(29)57-26-16(36-11(4)41)30(51)54-14(7-39)21(26)46/h8-9,12-34,37-39,42-51H,5-7H2,1-4H3,(H,35,40)(H,36,41)/t8-,9-,12+,13+,14+,15-,16+,17-,18-,19+,20-,21+,22+,23+,24+,25-,26+,27+,28+,29+,30+,31-,32-,33-,34+/m0/s1. The lowest BCUT2D eigenvalue weighted by Gasteiger charge is -2.50. The molecule has 5 saturated heterocycles. The number of aliphatic hydroxyl groups is 13. The summed E-state index contributed by atoms with van der Waals surface area (Å²) in [4.78, 5) is 24.1. The predicted octanol–water partition coefficient (Wildman–Crippen LogP) is -9.58. The monoisotopic (exact) mass is 878 g/mol. The molecule has 0 bridgehead atoms. The van der Waals surface area contributed by atoms with Crippen molar-refractivity contribution < 1.29 is 119 Å². The summed E-state index contributed by atoms with van der Waals surface area (Å²) in [5.74, 6) is -1.43. The molecule has 5 heterocycles. The Morgan fingerprint density at radius 1 is 0.433 bits per heavy atom. The molecule has 5 aliphatic heterocycles. The van der Waals surface area contributed by atoms with Crippen LogP contribution in [-0.2, 0) is 52.2 Å². The number of ether oxygens (including phenoxy) is 9. The Kier molecular flexibility index (Phi) is 16.9. The molecule has 15 N–H and O–H groups in total. The first kappa shape index (κ1) is 49.1. The van der Waals surface area contributed by atoms with E-state index < -0.39 is 185 Å². The molecular weight excluding hydrogens is 820 g/mol. The van der Waals surface area contributed by atoms with Crippen molar-refractivity contribution in [2.24, 2.45) is 0 Å². The summed E-state index contributed by atoms with van der Waals surface area (Å²) >= 11 is 0. The van der Waals surface area contributed by atoms with E-state index in [2.05, 4.69) is 10.6 Å². The van der Waals surface area contributed by atoms with Gasteiger partial charge in [0.1, 0.15) is 110 Å². The zero-order chi connectivity index (χ0) is 44.5. The second-order valence-corrected chi connectivity index (χ2v) is 15.4. The average Bonchev–Trinajstić information content (AvgIpc) is 3.20. The second-order valence-electron chi connectivity index (χ2n) is 15.4. The van der Waals surface area contributed by atoms with E-state index in [0.717, 1.165) is 13.8 Å². The Labute approximate surface area is 342 Å². The van der Waals surface area contributed by atoms with Gasteiger partial charge in [0, 0.05) is 13.8 Å². The van der Waals surface area contributed by atoms with Gasteiger partial charge in [0.2, 0.25) is 11.8 Å². The zero-order valence-corrected chi connectivity index (χ0v) is 32.9. The van der Waals surface area contributed by atoms with Gasteiger partial charge in [-0.05, 0) is 13.8 Å². The normalized spacial score (nSPS) is 50.2. The van der Waals surface area contributed by atoms with Crippen molar-refractivity contribution in [2.45, 2.75) is 181 Å².